The highest BCUT2D eigenvalue weighted by molar-refractivity contribution is 5.46. The number of fused-ring (bicyclic) bond motifs is 1. The number of nitrogens with zero attached hydrogens (tertiary/aromatic N) is 5. The Bertz CT molecular complexity index is 831. The first-order chi connectivity index (χ1) is 13.3. The highest BCUT2D eigenvalue weighted by Gasteiger charge is 2.37. The van der Waals surface area contributed by atoms with E-state index in [-0.39, 0.29) is 24.0 Å². The fourth-order valence-corrected chi connectivity index (χ4v) is 4.31. The van der Waals surface area contributed by atoms with Crippen molar-refractivity contribution in [2.75, 3.05) is 18.4 Å². The molecule has 4 rings (SSSR count). The molecule has 1 saturated carbocycles. The van der Waals surface area contributed by atoms with Crippen LogP contribution in [0.4, 0.5) is 19.0 Å². The van der Waals surface area contributed by atoms with Gasteiger partial charge in [0.25, 0.3) is 11.6 Å². The van der Waals surface area contributed by atoms with E-state index in [2.05, 4.69) is 25.3 Å². The van der Waals surface area contributed by atoms with Gasteiger partial charge in [0.2, 0.25) is 0 Å². The number of hydrogen-bond acceptors (Lipinski definition) is 6. The summed E-state index contributed by atoms with van der Waals surface area (Å²) in [5.74, 6) is -0.769. The second kappa shape index (κ2) is 7.47. The largest absolute Gasteiger partial charge is 0.453 e. The number of aliphatic hydroxyl groups excluding tert-OH is 1. The molecule has 1 aliphatic heterocycles. The van der Waals surface area contributed by atoms with Crippen molar-refractivity contribution in [2.45, 2.75) is 69.8 Å². The molecule has 0 radical (unpaired) electrons. The van der Waals surface area contributed by atoms with E-state index in [0.717, 1.165) is 56.1 Å². The number of aryl methyl sites for hydroxylation is 1. The van der Waals surface area contributed by atoms with Crippen LogP contribution in [0.15, 0.2) is 6.07 Å². The van der Waals surface area contributed by atoms with E-state index in [1.807, 2.05) is 0 Å². The lowest BCUT2D eigenvalue weighted by Gasteiger charge is -2.41. The Morgan fingerprint density at radius 2 is 1.82 bits per heavy atom. The fraction of sp³-hybridized carbons (Fsp3) is 0.722. The van der Waals surface area contributed by atoms with Gasteiger partial charge in [-0.15, -0.1) is 5.10 Å². The molecular formula is C18H25F3N6O. The van der Waals surface area contributed by atoms with Gasteiger partial charge in [0.05, 0.1) is 6.10 Å². The molecule has 2 atom stereocenters. The Morgan fingerprint density at radius 3 is 2.50 bits per heavy atom. The Kier molecular flexibility index (Phi) is 5.17. The summed E-state index contributed by atoms with van der Waals surface area (Å²) in [6.45, 7) is 3.44. The van der Waals surface area contributed by atoms with Gasteiger partial charge in [-0.3, -0.25) is 4.90 Å². The Morgan fingerprint density at radius 1 is 1.11 bits per heavy atom. The lowest BCUT2D eigenvalue weighted by molar-refractivity contribution is -0.144. The number of hydrogen-bond donors (Lipinski definition) is 2. The molecule has 2 aromatic rings. The van der Waals surface area contributed by atoms with Crippen LogP contribution in [0, 0.1) is 6.92 Å². The number of nitrogens with one attached hydrogen (secondary N) is 1. The zero-order valence-corrected chi connectivity index (χ0v) is 15.8. The van der Waals surface area contributed by atoms with Crippen molar-refractivity contribution >= 4 is 11.6 Å². The van der Waals surface area contributed by atoms with E-state index >= 15 is 0 Å². The summed E-state index contributed by atoms with van der Waals surface area (Å²) in [5, 5.41) is 17.2. The van der Waals surface area contributed by atoms with Gasteiger partial charge in [0, 0.05) is 36.9 Å². The monoisotopic (exact) mass is 398 g/mol. The van der Waals surface area contributed by atoms with Crippen LogP contribution in [-0.2, 0) is 6.18 Å². The Labute approximate surface area is 161 Å². The smallest absolute Gasteiger partial charge is 0.391 e. The molecule has 0 spiro atoms. The minimum Gasteiger partial charge on any atom is -0.391 e. The van der Waals surface area contributed by atoms with E-state index in [1.54, 1.807) is 13.0 Å². The molecule has 2 fully saturated rings. The molecule has 2 aliphatic rings. The number of likely N-dealkylation sites (tertiary alicyclic amines) is 1. The van der Waals surface area contributed by atoms with Gasteiger partial charge in [0.15, 0.2) is 0 Å². The van der Waals surface area contributed by atoms with Crippen LogP contribution in [0.5, 0.6) is 0 Å². The Hall–Kier alpha value is -1.94. The van der Waals surface area contributed by atoms with Gasteiger partial charge in [-0.2, -0.15) is 22.7 Å². The number of anilines is 1. The van der Waals surface area contributed by atoms with Gasteiger partial charge < -0.3 is 10.4 Å². The molecule has 10 heteroatoms. The number of alkyl halides is 3. The van der Waals surface area contributed by atoms with E-state index in [0.29, 0.717) is 11.5 Å². The van der Waals surface area contributed by atoms with Crippen molar-refractivity contribution in [3.63, 3.8) is 0 Å². The summed E-state index contributed by atoms with van der Waals surface area (Å²) >= 11 is 0. The molecule has 3 heterocycles. The van der Waals surface area contributed by atoms with Crippen LogP contribution in [0.2, 0.25) is 0 Å². The van der Waals surface area contributed by atoms with Crippen LogP contribution in [0.1, 0.15) is 50.0 Å². The third-order valence-corrected chi connectivity index (χ3v) is 5.74. The first kappa shape index (κ1) is 19.4. The molecule has 0 bridgehead atoms. The van der Waals surface area contributed by atoms with Gasteiger partial charge in [-0.1, -0.05) is 12.8 Å². The second-order valence-corrected chi connectivity index (χ2v) is 7.80. The van der Waals surface area contributed by atoms with Crippen LogP contribution in [-0.4, -0.2) is 60.9 Å². The number of piperidine rings is 1. The molecule has 1 saturated heterocycles. The third kappa shape index (κ3) is 3.93. The van der Waals surface area contributed by atoms with Crippen molar-refractivity contribution in [2.24, 2.45) is 0 Å². The number of aromatic nitrogens is 4. The maximum Gasteiger partial charge on any atom is 0.453 e. The molecule has 2 aromatic heterocycles. The molecule has 7 nitrogen and oxygen atoms in total. The lowest BCUT2D eigenvalue weighted by Crippen LogP contribution is -2.50. The zero-order chi connectivity index (χ0) is 19.9. The average Bonchev–Trinajstić information content (AvgIpc) is 3.07. The standard InChI is InChI=1S/C18H25F3N6O/c1-11-10-15(27-17(22-11)24-16(25-27)18(19,20)21)23-12-6-8-26(9-7-12)13-4-2-3-5-14(13)28/h10,12-14,23,28H,2-9H2,1H3. The maximum absolute atomic E-state index is 13.0. The van der Waals surface area contributed by atoms with Crippen molar-refractivity contribution in [1.82, 2.24) is 24.5 Å². The van der Waals surface area contributed by atoms with Gasteiger partial charge >= 0.3 is 6.18 Å². The number of halogens is 3. The molecule has 2 unspecified atom stereocenters. The first-order valence-corrected chi connectivity index (χ1v) is 9.81. The predicted molar refractivity (Wildman–Crippen MR) is 97.0 cm³/mol. The minimum absolute atomic E-state index is 0.0578. The van der Waals surface area contributed by atoms with Gasteiger partial charge in [-0.05, 0) is 32.6 Å². The summed E-state index contributed by atoms with van der Waals surface area (Å²) in [6.07, 6.45) is 0.988. The van der Waals surface area contributed by atoms with Gasteiger partial charge in [0.1, 0.15) is 5.82 Å². The average molecular weight is 398 g/mol. The second-order valence-electron chi connectivity index (χ2n) is 7.80. The molecule has 2 N–H and O–H groups in total. The van der Waals surface area contributed by atoms with Crippen molar-refractivity contribution in [3.8, 4) is 0 Å². The predicted octanol–water partition coefficient (Wildman–Crippen LogP) is 2.63. The molecular weight excluding hydrogens is 373 g/mol. The molecule has 0 amide bonds. The van der Waals surface area contributed by atoms with E-state index in [9.17, 15) is 18.3 Å². The van der Waals surface area contributed by atoms with Gasteiger partial charge in [-0.25, -0.2) is 4.98 Å². The summed E-state index contributed by atoms with van der Waals surface area (Å²) in [7, 11) is 0. The summed E-state index contributed by atoms with van der Waals surface area (Å²) in [4.78, 5) is 9.93. The van der Waals surface area contributed by atoms with Crippen molar-refractivity contribution in [1.29, 1.82) is 0 Å². The SMILES string of the molecule is Cc1cc(NC2CCN(C3CCCCC3O)CC2)n2nc(C(F)(F)F)nc2n1. The topological polar surface area (TPSA) is 78.6 Å². The Balaban J connectivity index is 1.46. The summed E-state index contributed by atoms with van der Waals surface area (Å²) in [5.41, 5.74) is 0.582. The third-order valence-electron chi connectivity index (χ3n) is 5.74. The molecule has 28 heavy (non-hydrogen) atoms. The van der Waals surface area contributed by atoms with Crippen molar-refractivity contribution < 1.29 is 18.3 Å². The lowest BCUT2D eigenvalue weighted by atomic mass is 9.89. The highest BCUT2D eigenvalue weighted by atomic mass is 19.4. The molecule has 0 aromatic carbocycles. The number of rotatable bonds is 3. The van der Waals surface area contributed by atoms with Crippen LogP contribution in [0.25, 0.3) is 5.78 Å². The summed E-state index contributed by atoms with van der Waals surface area (Å²) in [6, 6.07) is 2.05. The zero-order valence-electron chi connectivity index (χ0n) is 15.8. The van der Waals surface area contributed by atoms with Crippen molar-refractivity contribution in [3.05, 3.63) is 17.6 Å². The molecule has 1 aliphatic carbocycles. The fourth-order valence-electron chi connectivity index (χ4n) is 4.31. The molecule has 154 valence electrons. The summed E-state index contributed by atoms with van der Waals surface area (Å²) < 4.78 is 40.0. The maximum atomic E-state index is 13.0. The van der Waals surface area contributed by atoms with Crippen LogP contribution < -0.4 is 5.32 Å². The van der Waals surface area contributed by atoms with E-state index < -0.39 is 12.0 Å². The quantitative estimate of drug-likeness (QED) is 0.828. The minimum atomic E-state index is -4.61. The van der Waals surface area contributed by atoms with E-state index in [1.165, 1.54) is 0 Å². The highest BCUT2D eigenvalue weighted by Crippen LogP contribution is 2.29. The normalized spacial score (nSPS) is 25.3. The van der Waals surface area contributed by atoms with Crippen LogP contribution in [0.3, 0.4) is 0 Å². The van der Waals surface area contributed by atoms with Crippen LogP contribution >= 0.6 is 0 Å². The van der Waals surface area contributed by atoms with E-state index in [4.69, 9.17) is 0 Å². The number of aliphatic hydroxyl groups is 1. The first-order valence-electron chi connectivity index (χ1n) is 9.81.